The van der Waals surface area contributed by atoms with E-state index in [4.69, 9.17) is 14.6 Å². The maximum absolute atomic E-state index is 15.5. The number of likely N-dealkylation sites (tertiary alicyclic amines) is 1. The van der Waals surface area contributed by atoms with Gasteiger partial charge in [0.05, 0.1) is 47.7 Å². The highest BCUT2D eigenvalue weighted by Crippen LogP contribution is 2.29. The topological polar surface area (TPSA) is 141 Å². The van der Waals surface area contributed by atoms with Crippen molar-refractivity contribution in [3.63, 3.8) is 0 Å². The van der Waals surface area contributed by atoms with E-state index in [2.05, 4.69) is 32.4 Å². The summed E-state index contributed by atoms with van der Waals surface area (Å²) in [4.78, 5) is 19.7. The maximum Gasteiger partial charge on any atom is 0.406 e. The lowest BCUT2D eigenvalue weighted by atomic mass is 9.89. The first-order chi connectivity index (χ1) is 22.2. The van der Waals surface area contributed by atoms with Crippen molar-refractivity contribution in [3.05, 3.63) is 47.8 Å². The second kappa shape index (κ2) is 14.1. The zero-order valence-electron chi connectivity index (χ0n) is 25.8. The zero-order valence-corrected chi connectivity index (χ0v) is 26.6. The van der Waals surface area contributed by atoms with Crippen LogP contribution in [0.4, 0.5) is 23.2 Å². The van der Waals surface area contributed by atoms with E-state index in [1.165, 1.54) is 37.4 Å². The molecule has 3 atom stereocenters. The lowest BCUT2D eigenvalue weighted by Gasteiger charge is -2.44. The first-order valence-corrected chi connectivity index (χ1v) is 16.5. The Labute approximate surface area is 269 Å². The summed E-state index contributed by atoms with van der Waals surface area (Å²) < 4.78 is 90.5. The van der Waals surface area contributed by atoms with Crippen molar-refractivity contribution in [2.24, 2.45) is 11.1 Å². The number of hydrogen-bond acceptors (Lipinski definition) is 8. The molecule has 1 aromatic heterocycles. The molecule has 2 saturated heterocycles. The average molecular weight is 681 g/mol. The number of carbonyl (C=O) groups is 1. The van der Waals surface area contributed by atoms with Crippen molar-refractivity contribution in [1.29, 1.82) is 0 Å². The first-order valence-electron chi connectivity index (χ1n) is 15.0. The Hall–Kier alpha value is -3.91. The largest absolute Gasteiger partial charge is 0.495 e. The number of rotatable bonds is 8. The van der Waals surface area contributed by atoms with Crippen molar-refractivity contribution in [1.82, 2.24) is 19.8 Å². The summed E-state index contributed by atoms with van der Waals surface area (Å²) in [6, 6.07) is 6.25. The molecule has 3 aromatic rings. The molecule has 3 heterocycles. The molecule has 4 N–H and O–H groups in total. The molecule has 0 radical (unpaired) electrons. The van der Waals surface area contributed by atoms with Gasteiger partial charge < -0.3 is 24.7 Å². The number of anilines is 1. The second-order valence-electron chi connectivity index (χ2n) is 11.7. The number of alkyl halides is 4. The Morgan fingerprint density at radius 2 is 1.94 bits per heavy atom. The van der Waals surface area contributed by atoms with Crippen molar-refractivity contribution in [2.75, 3.05) is 45.3 Å². The van der Waals surface area contributed by atoms with E-state index in [1.807, 2.05) is 6.92 Å². The zero-order chi connectivity index (χ0) is 33.9. The van der Waals surface area contributed by atoms with Crippen LogP contribution in [-0.4, -0.2) is 93.2 Å². The fourth-order valence-electron chi connectivity index (χ4n) is 6.07. The fraction of sp³-hybridized carbons (Fsp3) is 0.484. The standard InChI is InChI=1S/C31H36F4N6O5S/c1-19-15-40(21-7-10-46-11-8-21)16-24(32)28(19)39-30(42)23-12-20(13-26-29(23)38-18-41(26)17-31(33,34)35)4-3-9-37-25-6-5-22(47(36,43)44)14-27(25)45-2/h5-6,12-14,18-19,21,24,28,37H,7-11,15-17H2,1-2H3,(H,39,42)(H2,36,43,44)/t19-,24-,28+/m0/s1. The van der Waals surface area contributed by atoms with E-state index >= 15 is 4.39 Å². The molecule has 254 valence electrons. The Kier molecular flexibility index (Phi) is 10.3. The Morgan fingerprint density at radius 3 is 2.60 bits per heavy atom. The fourth-order valence-corrected chi connectivity index (χ4v) is 6.60. The van der Waals surface area contributed by atoms with Crippen molar-refractivity contribution in [2.45, 2.75) is 55.6 Å². The number of amides is 1. The van der Waals surface area contributed by atoms with E-state index in [9.17, 15) is 26.4 Å². The molecule has 2 aliphatic rings. The second-order valence-corrected chi connectivity index (χ2v) is 13.3. The Bertz CT molecular complexity index is 1770. The molecule has 1 amide bonds. The summed E-state index contributed by atoms with van der Waals surface area (Å²) in [5.74, 6) is 5.02. The predicted molar refractivity (Wildman–Crippen MR) is 166 cm³/mol. The highest BCUT2D eigenvalue weighted by atomic mass is 32.2. The number of nitrogens with zero attached hydrogens (tertiary/aromatic N) is 3. The van der Waals surface area contributed by atoms with Crippen LogP contribution in [-0.2, 0) is 21.3 Å². The van der Waals surface area contributed by atoms with Gasteiger partial charge in [-0.15, -0.1) is 0 Å². The van der Waals surface area contributed by atoms with E-state index in [-0.39, 0.29) is 57.9 Å². The molecular weight excluding hydrogens is 644 g/mol. The summed E-state index contributed by atoms with van der Waals surface area (Å²) >= 11 is 0. The van der Waals surface area contributed by atoms with Crippen molar-refractivity contribution < 1.29 is 40.2 Å². The third kappa shape index (κ3) is 8.33. The van der Waals surface area contributed by atoms with Gasteiger partial charge >= 0.3 is 6.18 Å². The quantitative estimate of drug-likeness (QED) is 0.243. The molecule has 0 unspecified atom stereocenters. The summed E-state index contributed by atoms with van der Waals surface area (Å²) in [6.45, 7) is 2.56. The molecule has 2 aromatic carbocycles. The van der Waals surface area contributed by atoms with Gasteiger partial charge in [-0.2, -0.15) is 13.2 Å². The third-order valence-electron chi connectivity index (χ3n) is 8.36. The van der Waals surface area contributed by atoms with E-state index in [0.717, 1.165) is 23.7 Å². The summed E-state index contributed by atoms with van der Waals surface area (Å²) in [5, 5.41) is 11.0. The predicted octanol–water partition coefficient (Wildman–Crippen LogP) is 3.29. The van der Waals surface area contributed by atoms with Crippen LogP contribution in [0.3, 0.4) is 0 Å². The van der Waals surface area contributed by atoms with Gasteiger partial charge in [0.25, 0.3) is 5.91 Å². The molecule has 2 fully saturated rings. The van der Waals surface area contributed by atoms with Crippen LogP contribution >= 0.6 is 0 Å². The monoisotopic (exact) mass is 680 g/mol. The Morgan fingerprint density at radius 1 is 1.19 bits per heavy atom. The number of nitrogens with one attached hydrogen (secondary N) is 2. The third-order valence-corrected chi connectivity index (χ3v) is 9.27. The smallest absolute Gasteiger partial charge is 0.406 e. The molecule has 0 saturated carbocycles. The van der Waals surface area contributed by atoms with Crippen LogP contribution < -0.4 is 20.5 Å². The molecule has 0 bridgehead atoms. The number of aromatic nitrogens is 2. The molecule has 0 spiro atoms. The van der Waals surface area contributed by atoms with Crippen LogP contribution in [0.25, 0.3) is 11.0 Å². The minimum Gasteiger partial charge on any atom is -0.495 e. The molecular formula is C31H36F4N6O5S. The van der Waals surface area contributed by atoms with Crippen LogP contribution in [0.5, 0.6) is 5.75 Å². The van der Waals surface area contributed by atoms with Crippen molar-refractivity contribution >= 4 is 32.7 Å². The van der Waals surface area contributed by atoms with Crippen LogP contribution in [0.15, 0.2) is 41.6 Å². The number of sulfonamides is 1. The summed E-state index contributed by atoms with van der Waals surface area (Å²) in [7, 11) is -2.60. The molecule has 11 nitrogen and oxygen atoms in total. The number of benzene rings is 2. The number of nitrogens with two attached hydrogens (primary N) is 1. The van der Waals surface area contributed by atoms with Crippen LogP contribution in [0, 0.1) is 17.8 Å². The van der Waals surface area contributed by atoms with Gasteiger partial charge in [-0.1, -0.05) is 18.8 Å². The number of primary sulfonamides is 1. The van der Waals surface area contributed by atoms with Gasteiger partial charge in [-0.25, -0.2) is 22.9 Å². The van der Waals surface area contributed by atoms with Gasteiger partial charge in [0, 0.05) is 44.0 Å². The highest BCUT2D eigenvalue weighted by Gasteiger charge is 2.39. The number of fused-ring (bicyclic) bond motifs is 1. The molecule has 5 rings (SSSR count). The van der Waals surface area contributed by atoms with E-state index < -0.39 is 40.9 Å². The number of imidazole rings is 1. The molecule has 16 heteroatoms. The van der Waals surface area contributed by atoms with Gasteiger partial charge in [-0.05, 0) is 43.0 Å². The number of halogens is 4. The number of carbonyl (C=O) groups excluding carboxylic acids is 1. The Balaban J connectivity index is 1.37. The number of methoxy groups -OCH3 is 1. The highest BCUT2D eigenvalue weighted by molar-refractivity contribution is 7.89. The normalized spacial score (nSPS) is 21.2. The minimum atomic E-state index is -4.55. The van der Waals surface area contributed by atoms with Crippen LogP contribution in [0.1, 0.15) is 35.7 Å². The SMILES string of the molecule is COc1cc(S(N)(=O)=O)ccc1NCC#Cc1cc(C(=O)N[C@@H]2[C@@H](C)CN(C3CCOCC3)C[C@@H]2F)c2ncn(CC(F)(F)F)c2c1. The van der Waals surface area contributed by atoms with Crippen molar-refractivity contribution in [3.8, 4) is 17.6 Å². The number of ether oxygens (including phenoxy) is 2. The summed E-state index contributed by atoms with van der Waals surface area (Å²) in [6.07, 6.45) is -3.26. The summed E-state index contributed by atoms with van der Waals surface area (Å²) in [5.41, 5.74) is 0.728. The van der Waals surface area contributed by atoms with E-state index in [1.54, 1.807) is 0 Å². The number of piperidine rings is 1. The number of hydrogen-bond donors (Lipinski definition) is 3. The average Bonchev–Trinajstić information content (AvgIpc) is 3.41. The molecule has 0 aliphatic carbocycles. The minimum absolute atomic E-state index is 0.0211. The first kappa shape index (κ1) is 34.4. The van der Waals surface area contributed by atoms with Gasteiger partial charge in [0.2, 0.25) is 10.0 Å². The van der Waals surface area contributed by atoms with Gasteiger partial charge in [0.1, 0.15) is 24.0 Å². The molecule has 2 aliphatic heterocycles. The maximum atomic E-state index is 15.5. The van der Waals surface area contributed by atoms with Gasteiger partial charge in [-0.3, -0.25) is 9.69 Å². The lowest BCUT2D eigenvalue weighted by Crippen LogP contribution is -2.59. The van der Waals surface area contributed by atoms with Crippen LogP contribution in [0.2, 0.25) is 0 Å². The van der Waals surface area contributed by atoms with Gasteiger partial charge in [0.15, 0.2) is 0 Å². The van der Waals surface area contributed by atoms with E-state index in [0.29, 0.717) is 25.4 Å². The lowest BCUT2D eigenvalue weighted by molar-refractivity contribution is -0.139. The molecule has 47 heavy (non-hydrogen) atoms.